The van der Waals surface area contributed by atoms with E-state index in [0.717, 1.165) is 31.7 Å². The van der Waals surface area contributed by atoms with Crippen LogP contribution in [0.25, 0.3) is 0 Å². The van der Waals surface area contributed by atoms with Gasteiger partial charge in [0.25, 0.3) is 0 Å². The fourth-order valence-electron chi connectivity index (χ4n) is 4.36. The first-order valence-corrected chi connectivity index (χ1v) is 10.2. The Balaban J connectivity index is 1.58. The van der Waals surface area contributed by atoms with Crippen LogP contribution in [0.1, 0.15) is 23.1 Å². The molecule has 0 N–H and O–H groups in total. The summed E-state index contributed by atoms with van der Waals surface area (Å²) in [6, 6.07) is 14.1. The van der Waals surface area contributed by atoms with Crippen LogP contribution in [-0.4, -0.2) is 53.3 Å². The SMILES string of the molecule is CC(=O)N1CC(=O)N(c2ccccc2)C[C@@]12CCN(Cc1ccc(C)s1)C2. The van der Waals surface area contributed by atoms with Crippen molar-refractivity contribution in [3.05, 3.63) is 52.2 Å². The van der Waals surface area contributed by atoms with Gasteiger partial charge in [0.1, 0.15) is 6.54 Å². The van der Waals surface area contributed by atoms with Gasteiger partial charge in [0.05, 0.1) is 12.1 Å². The maximum atomic E-state index is 12.7. The highest BCUT2D eigenvalue weighted by atomic mass is 32.1. The molecule has 142 valence electrons. The molecule has 2 saturated heterocycles. The van der Waals surface area contributed by atoms with Crippen molar-refractivity contribution in [3.8, 4) is 0 Å². The molecule has 1 atom stereocenters. The van der Waals surface area contributed by atoms with Gasteiger partial charge in [-0.15, -0.1) is 11.3 Å². The lowest BCUT2D eigenvalue weighted by molar-refractivity contribution is -0.142. The predicted molar refractivity (Wildman–Crippen MR) is 108 cm³/mol. The predicted octanol–water partition coefficient (Wildman–Crippen LogP) is 2.90. The summed E-state index contributed by atoms with van der Waals surface area (Å²) < 4.78 is 0. The quantitative estimate of drug-likeness (QED) is 0.819. The zero-order valence-corrected chi connectivity index (χ0v) is 16.7. The van der Waals surface area contributed by atoms with Gasteiger partial charge in [0, 0.05) is 42.0 Å². The lowest BCUT2D eigenvalue weighted by atomic mass is 9.91. The minimum absolute atomic E-state index is 0.00523. The van der Waals surface area contributed by atoms with Gasteiger partial charge in [-0.1, -0.05) is 18.2 Å². The third-order valence-electron chi connectivity index (χ3n) is 5.65. The van der Waals surface area contributed by atoms with Gasteiger partial charge in [-0.2, -0.15) is 0 Å². The third-order valence-corrected chi connectivity index (χ3v) is 6.64. The van der Waals surface area contributed by atoms with Crippen molar-refractivity contribution in [3.63, 3.8) is 0 Å². The van der Waals surface area contributed by atoms with Crippen LogP contribution in [-0.2, 0) is 16.1 Å². The number of hydrogen-bond donors (Lipinski definition) is 0. The Kier molecular flexibility index (Phi) is 4.78. The number of benzene rings is 1. The summed E-state index contributed by atoms with van der Waals surface area (Å²) in [5, 5.41) is 0. The number of piperazine rings is 1. The lowest BCUT2D eigenvalue weighted by Gasteiger charge is -2.48. The van der Waals surface area contributed by atoms with Crippen LogP contribution in [0.15, 0.2) is 42.5 Å². The third kappa shape index (κ3) is 3.51. The molecular weight excluding hydrogens is 358 g/mol. The van der Waals surface area contributed by atoms with E-state index < -0.39 is 0 Å². The zero-order chi connectivity index (χ0) is 19.0. The molecule has 6 heteroatoms. The average molecular weight is 384 g/mol. The minimum atomic E-state index is -0.304. The highest BCUT2D eigenvalue weighted by molar-refractivity contribution is 7.11. The fraction of sp³-hybridized carbons (Fsp3) is 0.429. The molecule has 3 heterocycles. The van der Waals surface area contributed by atoms with Crippen LogP contribution in [0.3, 0.4) is 0 Å². The maximum absolute atomic E-state index is 12.7. The smallest absolute Gasteiger partial charge is 0.246 e. The Labute approximate surface area is 164 Å². The summed E-state index contributed by atoms with van der Waals surface area (Å²) in [5.41, 5.74) is 0.611. The first-order chi connectivity index (χ1) is 13.0. The number of anilines is 1. The van der Waals surface area contributed by atoms with E-state index in [4.69, 9.17) is 0 Å². The molecule has 2 fully saturated rings. The number of thiophene rings is 1. The molecule has 0 aliphatic carbocycles. The van der Waals surface area contributed by atoms with Gasteiger partial charge < -0.3 is 9.80 Å². The Morgan fingerprint density at radius 2 is 1.93 bits per heavy atom. The number of rotatable bonds is 3. The first-order valence-electron chi connectivity index (χ1n) is 9.38. The molecule has 2 amide bonds. The lowest BCUT2D eigenvalue weighted by Crippen LogP contribution is -2.66. The number of aryl methyl sites for hydroxylation is 1. The van der Waals surface area contributed by atoms with Gasteiger partial charge in [0.15, 0.2) is 0 Å². The van der Waals surface area contributed by atoms with Crippen molar-refractivity contribution in [2.24, 2.45) is 0 Å². The van der Waals surface area contributed by atoms with E-state index in [0.29, 0.717) is 6.54 Å². The highest BCUT2D eigenvalue weighted by Gasteiger charge is 2.50. The maximum Gasteiger partial charge on any atom is 0.246 e. The number of para-hydroxylation sites is 1. The van der Waals surface area contributed by atoms with Gasteiger partial charge in [-0.25, -0.2) is 0 Å². The molecule has 5 nitrogen and oxygen atoms in total. The summed E-state index contributed by atoms with van der Waals surface area (Å²) in [4.78, 5) is 33.9. The highest BCUT2D eigenvalue weighted by Crippen LogP contribution is 2.35. The van der Waals surface area contributed by atoms with Gasteiger partial charge in [-0.3, -0.25) is 14.5 Å². The second-order valence-corrected chi connectivity index (χ2v) is 8.99. The molecule has 2 aliphatic rings. The van der Waals surface area contributed by atoms with Gasteiger partial charge in [-0.05, 0) is 37.6 Å². The van der Waals surface area contributed by atoms with E-state index in [1.807, 2.05) is 51.5 Å². The van der Waals surface area contributed by atoms with E-state index in [9.17, 15) is 9.59 Å². The topological polar surface area (TPSA) is 43.9 Å². The summed E-state index contributed by atoms with van der Waals surface area (Å²) in [6.07, 6.45) is 0.896. The van der Waals surface area contributed by atoms with Crippen LogP contribution < -0.4 is 4.90 Å². The van der Waals surface area contributed by atoms with Gasteiger partial charge in [0.2, 0.25) is 11.8 Å². The number of amides is 2. The second-order valence-electron chi connectivity index (χ2n) is 7.62. The van der Waals surface area contributed by atoms with E-state index in [-0.39, 0.29) is 23.9 Å². The number of hydrogen-bond acceptors (Lipinski definition) is 4. The van der Waals surface area contributed by atoms with Crippen molar-refractivity contribution < 1.29 is 9.59 Å². The molecule has 27 heavy (non-hydrogen) atoms. The summed E-state index contributed by atoms with van der Waals surface area (Å²) in [6.45, 7) is 7.09. The number of carbonyl (C=O) groups is 2. The van der Waals surface area contributed by atoms with Gasteiger partial charge >= 0.3 is 0 Å². The van der Waals surface area contributed by atoms with Crippen LogP contribution in [0.4, 0.5) is 5.69 Å². The molecule has 2 aromatic rings. The van der Waals surface area contributed by atoms with E-state index >= 15 is 0 Å². The molecule has 4 rings (SSSR count). The van der Waals surface area contributed by atoms with Crippen LogP contribution in [0.2, 0.25) is 0 Å². The molecule has 2 aliphatic heterocycles. The zero-order valence-electron chi connectivity index (χ0n) is 15.9. The normalized spacial score (nSPS) is 23.4. The Bertz CT molecular complexity index is 850. The number of nitrogens with zero attached hydrogens (tertiary/aromatic N) is 3. The fourth-order valence-corrected chi connectivity index (χ4v) is 5.29. The molecule has 1 aromatic carbocycles. The Morgan fingerprint density at radius 3 is 2.59 bits per heavy atom. The monoisotopic (exact) mass is 383 g/mol. The van der Waals surface area contributed by atoms with Crippen molar-refractivity contribution in [2.45, 2.75) is 32.4 Å². The molecule has 0 bridgehead atoms. The first kappa shape index (κ1) is 18.2. The summed E-state index contributed by atoms with van der Waals surface area (Å²) in [7, 11) is 0. The number of carbonyl (C=O) groups excluding carboxylic acids is 2. The molecular formula is C21H25N3O2S. The van der Waals surface area contributed by atoms with E-state index in [2.05, 4.69) is 24.0 Å². The van der Waals surface area contributed by atoms with E-state index in [1.165, 1.54) is 9.75 Å². The molecule has 0 unspecified atom stereocenters. The molecule has 1 aromatic heterocycles. The van der Waals surface area contributed by atoms with Crippen LogP contribution >= 0.6 is 11.3 Å². The molecule has 1 spiro atoms. The number of likely N-dealkylation sites (tertiary alicyclic amines) is 1. The Morgan fingerprint density at radius 1 is 1.15 bits per heavy atom. The van der Waals surface area contributed by atoms with Crippen molar-refractivity contribution in [1.82, 2.24) is 9.80 Å². The average Bonchev–Trinajstić information content (AvgIpc) is 3.24. The minimum Gasteiger partial charge on any atom is -0.325 e. The summed E-state index contributed by atoms with van der Waals surface area (Å²) >= 11 is 1.83. The van der Waals surface area contributed by atoms with Crippen molar-refractivity contribution >= 4 is 28.8 Å². The Hall–Kier alpha value is -2.18. The van der Waals surface area contributed by atoms with Crippen LogP contribution in [0, 0.1) is 6.92 Å². The molecule has 0 radical (unpaired) electrons. The second kappa shape index (κ2) is 7.09. The summed E-state index contributed by atoms with van der Waals surface area (Å²) in [5.74, 6) is -0.0146. The molecule has 0 saturated carbocycles. The standard InChI is InChI=1S/C21H25N3O2S/c1-16-8-9-19(27-16)12-22-11-10-21(14-22)15-23(18-6-4-3-5-7-18)20(26)13-24(21)17(2)25/h3-9H,10-15H2,1-2H3/t21-/m0/s1. The van der Waals surface area contributed by atoms with Crippen molar-refractivity contribution in [1.29, 1.82) is 0 Å². The van der Waals surface area contributed by atoms with E-state index in [1.54, 1.807) is 6.92 Å². The largest absolute Gasteiger partial charge is 0.325 e. The van der Waals surface area contributed by atoms with Crippen molar-refractivity contribution in [2.75, 3.05) is 31.1 Å². The van der Waals surface area contributed by atoms with Crippen LogP contribution in [0.5, 0.6) is 0 Å².